The molecule has 0 radical (unpaired) electrons. The van der Waals surface area contributed by atoms with Crippen LogP contribution in [0.1, 0.15) is 23.7 Å². The van der Waals surface area contributed by atoms with Crippen LogP contribution in [-0.2, 0) is 4.79 Å². The van der Waals surface area contributed by atoms with Gasteiger partial charge in [0.05, 0.1) is 4.92 Å². The summed E-state index contributed by atoms with van der Waals surface area (Å²) in [7, 11) is 0. The van der Waals surface area contributed by atoms with Gasteiger partial charge in [-0.25, -0.2) is 4.79 Å². The average molecular weight is 331 g/mol. The molecule has 0 aliphatic heterocycles. The number of nitrogens with zero attached hydrogens (tertiary/aromatic N) is 1. The summed E-state index contributed by atoms with van der Waals surface area (Å²) in [6.07, 6.45) is 0.219. The first-order valence-corrected chi connectivity index (χ1v) is 6.13. The van der Waals surface area contributed by atoms with E-state index in [9.17, 15) is 19.7 Å². The molecule has 2 N–H and O–H groups in total. The van der Waals surface area contributed by atoms with E-state index in [4.69, 9.17) is 5.11 Å². The molecule has 0 bridgehead atoms. The zero-order chi connectivity index (χ0) is 14.6. The van der Waals surface area contributed by atoms with E-state index in [1.807, 2.05) is 0 Å². The summed E-state index contributed by atoms with van der Waals surface area (Å²) in [5, 5.41) is 21.8. The second-order valence-electron chi connectivity index (χ2n) is 3.73. The zero-order valence-corrected chi connectivity index (χ0v) is 11.5. The molecule has 1 aromatic rings. The maximum atomic E-state index is 11.8. The number of benzene rings is 1. The molecule has 1 amide bonds. The van der Waals surface area contributed by atoms with Crippen LogP contribution in [0.5, 0.6) is 0 Å². The molecule has 8 heteroatoms. The molecule has 0 saturated heterocycles. The minimum Gasteiger partial charge on any atom is -0.480 e. The van der Waals surface area contributed by atoms with Gasteiger partial charge in [0.2, 0.25) is 0 Å². The molecule has 0 unspecified atom stereocenters. The van der Waals surface area contributed by atoms with Crippen LogP contribution < -0.4 is 5.32 Å². The number of hydrogen-bond donors (Lipinski definition) is 2. The number of carboxylic acids is 1. The van der Waals surface area contributed by atoms with Crippen LogP contribution >= 0.6 is 15.9 Å². The van der Waals surface area contributed by atoms with Crippen LogP contribution in [0, 0.1) is 10.1 Å². The van der Waals surface area contributed by atoms with Crippen molar-refractivity contribution in [1.29, 1.82) is 0 Å². The van der Waals surface area contributed by atoms with Crippen molar-refractivity contribution in [2.24, 2.45) is 0 Å². The van der Waals surface area contributed by atoms with Gasteiger partial charge in [-0.2, -0.15) is 0 Å². The summed E-state index contributed by atoms with van der Waals surface area (Å²) >= 11 is 3.06. The van der Waals surface area contributed by atoms with E-state index in [1.165, 1.54) is 12.1 Å². The van der Waals surface area contributed by atoms with Gasteiger partial charge in [0, 0.05) is 22.2 Å². The first kappa shape index (κ1) is 15.1. The Morgan fingerprint density at radius 1 is 1.47 bits per heavy atom. The highest BCUT2D eigenvalue weighted by Gasteiger charge is 2.20. The van der Waals surface area contributed by atoms with Gasteiger partial charge >= 0.3 is 5.97 Å². The van der Waals surface area contributed by atoms with Gasteiger partial charge in [-0.15, -0.1) is 0 Å². The maximum absolute atomic E-state index is 11.8. The molecule has 0 spiro atoms. The fourth-order valence-electron chi connectivity index (χ4n) is 1.39. The van der Waals surface area contributed by atoms with Crippen LogP contribution in [0.3, 0.4) is 0 Å². The Bertz CT molecular complexity index is 532. The molecular weight excluding hydrogens is 320 g/mol. The van der Waals surface area contributed by atoms with Crippen molar-refractivity contribution in [3.05, 3.63) is 38.3 Å². The largest absolute Gasteiger partial charge is 0.480 e. The summed E-state index contributed by atoms with van der Waals surface area (Å²) in [4.78, 5) is 32.7. The first-order valence-electron chi connectivity index (χ1n) is 5.33. The standard InChI is InChI=1S/C11H11BrN2O5/c1-2-9(11(16)17)13-10(15)6-3-7(12)5-8(4-6)14(18)19/h3-5,9H,2H2,1H3,(H,13,15)(H,16,17)/t9-/m0/s1. The molecule has 1 aromatic carbocycles. The SMILES string of the molecule is CC[C@H](NC(=O)c1cc(Br)cc([N+](=O)[O-])c1)C(=O)O. The van der Waals surface area contributed by atoms with E-state index in [0.717, 1.165) is 6.07 Å². The second-order valence-corrected chi connectivity index (χ2v) is 4.64. The monoisotopic (exact) mass is 330 g/mol. The quantitative estimate of drug-likeness (QED) is 0.633. The average Bonchev–Trinajstić information content (AvgIpc) is 2.34. The van der Waals surface area contributed by atoms with E-state index in [-0.39, 0.29) is 17.7 Å². The van der Waals surface area contributed by atoms with E-state index >= 15 is 0 Å². The van der Waals surface area contributed by atoms with E-state index in [2.05, 4.69) is 21.2 Å². The number of carbonyl (C=O) groups excluding carboxylic acids is 1. The molecule has 0 saturated carbocycles. The number of hydrogen-bond acceptors (Lipinski definition) is 4. The Hall–Kier alpha value is -1.96. The molecule has 102 valence electrons. The van der Waals surface area contributed by atoms with Crippen LogP contribution in [-0.4, -0.2) is 27.9 Å². The van der Waals surface area contributed by atoms with Crippen LogP contribution in [0.15, 0.2) is 22.7 Å². The van der Waals surface area contributed by atoms with Crippen molar-refractivity contribution in [2.75, 3.05) is 0 Å². The fraction of sp³-hybridized carbons (Fsp3) is 0.273. The minimum atomic E-state index is -1.15. The molecule has 0 heterocycles. The normalized spacial score (nSPS) is 11.7. The fourth-order valence-corrected chi connectivity index (χ4v) is 1.87. The lowest BCUT2D eigenvalue weighted by Crippen LogP contribution is -2.40. The van der Waals surface area contributed by atoms with Crippen molar-refractivity contribution in [2.45, 2.75) is 19.4 Å². The third kappa shape index (κ3) is 4.02. The Morgan fingerprint density at radius 3 is 2.58 bits per heavy atom. The predicted octanol–water partition coefficient (Wildman–Crippen LogP) is 1.95. The Morgan fingerprint density at radius 2 is 2.11 bits per heavy atom. The number of non-ortho nitro benzene ring substituents is 1. The zero-order valence-electron chi connectivity index (χ0n) is 9.92. The van der Waals surface area contributed by atoms with Gasteiger partial charge < -0.3 is 10.4 Å². The Balaban J connectivity index is 2.99. The van der Waals surface area contributed by atoms with Gasteiger partial charge in [0.1, 0.15) is 6.04 Å². The van der Waals surface area contributed by atoms with E-state index in [1.54, 1.807) is 6.92 Å². The summed E-state index contributed by atoms with van der Waals surface area (Å²) in [6.45, 7) is 1.61. The number of nitrogens with one attached hydrogen (secondary N) is 1. The van der Waals surface area contributed by atoms with Gasteiger partial charge in [0.15, 0.2) is 0 Å². The predicted molar refractivity (Wildman–Crippen MR) is 70.0 cm³/mol. The summed E-state index contributed by atoms with van der Waals surface area (Å²) in [5.41, 5.74) is -0.219. The highest BCUT2D eigenvalue weighted by Crippen LogP contribution is 2.21. The minimum absolute atomic E-state index is 0.0285. The first-order chi connectivity index (χ1) is 8.85. The molecule has 0 fully saturated rings. The van der Waals surface area contributed by atoms with Crippen LogP contribution in [0.25, 0.3) is 0 Å². The van der Waals surface area contributed by atoms with E-state index < -0.39 is 22.8 Å². The van der Waals surface area contributed by atoms with Crippen molar-refractivity contribution in [3.8, 4) is 0 Å². The number of nitro benzene ring substituents is 1. The third-order valence-corrected chi connectivity index (χ3v) is 2.83. The number of carbonyl (C=O) groups is 2. The topological polar surface area (TPSA) is 110 Å². The van der Waals surface area contributed by atoms with Gasteiger partial charge in [-0.3, -0.25) is 14.9 Å². The lowest BCUT2D eigenvalue weighted by molar-refractivity contribution is -0.385. The smallest absolute Gasteiger partial charge is 0.326 e. The molecule has 19 heavy (non-hydrogen) atoms. The van der Waals surface area contributed by atoms with Gasteiger partial charge in [-0.1, -0.05) is 22.9 Å². The van der Waals surface area contributed by atoms with Gasteiger partial charge in [0.25, 0.3) is 11.6 Å². The molecule has 0 aliphatic carbocycles. The highest BCUT2D eigenvalue weighted by molar-refractivity contribution is 9.10. The lowest BCUT2D eigenvalue weighted by atomic mass is 10.1. The molecule has 1 rings (SSSR count). The van der Waals surface area contributed by atoms with Gasteiger partial charge in [-0.05, 0) is 12.5 Å². The highest BCUT2D eigenvalue weighted by atomic mass is 79.9. The Kier molecular flexibility index (Phi) is 4.99. The maximum Gasteiger partial charge on any atom is 0.326 e. The van der Waals surface area contributed by atoms with Crippen molar-refractivity contribution in [1.82, 2.24) is 5.32 Å². The number of nitro groups is 1. The Labute approximate surface area is 116 Å². The van der Waals surface area contributed by atoms with Crippen LogP contribution in [0.4, 0.5) is 5.69 Å². The number of aliphatic carboxylic acids is 1. The van der Waals surface area contributed by atoms with Crippen molar-refractivity contribution < 1.29 is 19.6 Å². The number of halogens is 1. The number of carboxylic acid groups (broad SMARTS) is 1. The molecule has 1 atom stereocenters. The lowest BCUT2D eigenvalue weighted by Gasteiger charge is -2.12. The molecule has 0 aromatic heterocycles. The summed E-state index contributed by atoms with van der Waals surface area (Å²) in [5.74, 6) is -1.82. The molecule has 7 nitrogen and oxygen atoms in total. The number of rotatable bonds is 5. The van der Waals surface area contributed by atoms with Crippen LogP contribution in [0.2, 0.25) is 0 Å². The molecule has 0 aliphatic rings. The summed E-state index contributed by atoms with van der Waals surface area (Å²) in [6, 6.07) is 2.71. The van der Waals surface area contributed by atoms with Crippen molar-refractivity contribution in [3.63, 3.8) is 0 Å². The summed E-state index contributed by atoms with van der Waals surface area (Å²) < 4.78 is 0.371. The second kappa shape index (κ2) is 6.28. The molecular formula is C11H11BrN2O5. The van der Waals surface area contributed by atoms with E-state index in [0.29, 0.717) is 4.47 Å². The van der Waals surface area contributed by atoms with Crippen molar-refractivity contribution >= 4 is 33.5 Å². The number of amides is 1. The third-order valence-electron chi connectivity index (χ3n) is 2.37.